The highest BCUT2D eigenvalue weighted by Gasteiger charge is 2.27. The molecule has 0 fully saturated rings. The van der Waals surface area contributed by atoms with Gasteiger partial charge in [0, 0.05) is 49.0 Å². The lowest BCUT2D eigenvalue weighted by molar-refractivity contribution is 0.669. The molecule has 10 aromatic rings. The summed E-state index contributed by atoms with van der Waals surface area (Å²) >= 11 is 0. The van der Waals surface area contributed by atoms with E-state index in [2.05, 4.69) is 107 Å². The molecule has 3 aromatic heterocycles. The first-order valence-corrected chi connectivity index (χ1v) is 17.1. The molecule has 1 aliphatic heterocycles. The maximum Gasteiger partial charge on any atom is 0.171 e. The number of furan rings is 2. The number of nitrogens with zero attached hydrogens (tertiary/aromatic N) is 3. The van der Waals surface area contributed by atoms with Gasteiger partial charge in [0.25, 0.3) is 0 Å². The molecular formula is C45H28N4O2. The van der Waals surface area contributed by atoms with Crippen LogP contribution >= 0.6 is 0 Å². The molecule has 6 nitrogen and oxygen atoms in total. The highest BCUT2D eigenvalue weighted by molar-refractivity contribution is 6.24. The van der Waals surface area contributed by atoms with Gasteiger partial charge >= 0.3 is 0 Å². The summed E-state index contributed by atoms with van der Waals surface area (Å²) in [6, 6.07) is 54.3. The van der Waals surface area contributed by atoms with Crippen molar-refractivity contribution in [3.8, 4) is 5.69 Å². The van der Waals surface area contributed by atoms with Crippen LogP contribution < -0.4 is 5.32 Å². The SMILES string of the molecule is c1ccc(C2=NC(c3ccccc3-n3c4ccccc4c4ccc5c6ccccc6oc5c43)N=C(c3cccc4oc5ccccc5c34)N2)cc1. The van der Waals surface area contributed by atoms with Gasteiger partial charge in [0.05, 0.1) is 16.7 Å². The fourth-order valence-electron chi connectivity index (χ4n) is 7.83. The van der Waals surface area contributed by atoms with Gasteiger partial charge in [-0.15, -0.1) is 0 Å². The van der Waals surface area contributed by atoms with E-state index >= 15 is 0 Å². The second-order valence-electron chi connectivity index (χ2n) is 12.9. The molecule has 0 aliphatic carbocycles. The lowest BCUT2D eigenvalue weighted by Gasteiger charge is -2.24. The van der Waals surface area contributed by atoms with Crippen molar-refractivity contribution in [2.75, 3.05) is 0 Å². The Bertz CT molecular complexity index is 3070. The normalized spacial score (nSPS) is 14.9. The van der Waals surface area contributed by atoms with Crippen molar-refractivity contribution < 1.29 is 8.83 Å². The van der Waals surface area contributed by atoms with E-state index in [1.54, 1.807) is 0 Å². The Morgan fingerprint density at radius 3 is 2.04 bits per heavy atom. The summed E-state index contributed by atoms with van der Waals surface area (Å²) in [5.41, 5.74) is 9.43. The molecule has 0 amide bonds. The predicted octanol–water partition coefficient (Wildman–Crippen LogP) is 11.1. The minimum Gasteiger partial charge on any atom is -0.456 e. The summed E-state index contributed by atoms with van der Waals surface area (Å²) in [6.07, 6.45) is -0.549. The fourth-order valence-corrected chi connectivity index (χ4v) is 7.83. The highest BCUT2D eigenvalue weighted by Crippen LogP contribution is 2.42. The van der Waals surface area contributed by atoms with E-state index in [4.69, 9.17) is 18.8 Å². The Morgan fingerprint density at radius 2 is 1.16 bits per heavy atom. The molecule has 0 saturated heterocycles. The van der Waals surface area contributed by atoms with Crippen molar-refractivity contribution in [2.24, 2.45) is 9.98 Å². The van der Waals surface area contributed by atoms with Crippen molar-refractivity contribution in [3.63, 3.8) is 0 Å². The summed E-state index contributed by atoms with van der Waals surface area (Å²) in [6.45, 7) is 0. The van der Waals surface area contributed by atoms with Crippen LogP contribution in [0.1, 0.15) is 22.9 Å². The number of rotatable bonds is 4. The molecule has 4 heterocycles. The number of aliphatic imine (C=N–C) groups is 2. The molecule has 0 saturated carbocycles. The maximum absolute atomic E-state index is 6.67. The zero-order chi connectivity index (χ0) is 33.5. The van der Waals surface area contributed by atoms with Crippen molar-refractivity contribution in [3.05, 3.63) is 174 Å². The molecule has 0 spiro atoms. The molecule has 240 valence electrons. The van der Waals surface area contributed by atoms with Crippen molar-refractivity contribution in [1.82, 2.24) is 9.88 Å². The van der Waals surface area contributed by atoms with E-state index in [1.165, 1.54) is 0 Å². The zero-order valence-electron chi connectivity index (χ0n) is 27.2. The third kappa shape index (κ3) is 4.17. The number of amidine groups is 2. The van der Waals surface area contributed by atoms with E-state index in [1.807, 2.05) is 60.7 Å². The van der Waals surface area contributed by atoms with Crippen LogP contribution in [0.2, 0.25) is 0 Å². The molecule has 6 heteroatoms. The van der Waals surface area contributed by atoms with Crippen LogP contribution in [-0.4, -0.2) is 16.2 Å². The van der Waals surface area contributed by atoms with Gasteiger partial charge < -0.3 is 18.7 Å². The minimum absolute atomic E-state index is 0.549. The Hall–Kier alpha value is -6.92. The number of aromatic nitrogens is 1. The van der Waals surface area contributed by atoms with Crippen molar-refractivity contribution in [1.29, 1.82) is 0 Å². The van der Waals surface area contributed by atoms with E-state index < -0.39 is 6.17 Å². The Kier molecular flexibility index (Phi) is 5.92. The van der Waals surface area contributed by atoms with Gasteiger partial charge in [-0.25, -0.2) is 9.98 Å². The smallest absolute Gasteiger partial charge is 0.171 e. The van der Waals surface area contributed by atoms with Crippen LogP contribution in [0.4, 0.5) is 0 Å². The molecule has 11 rings (SSSR count). The van der Waals surface area contributed by atoms with E-state index in [0.717, 1.165) is 99.7 Å². The first kappa shape index (κ1) is 28.0. The molecule has 1 aliphatic rings. The quantitative estimate of drug-likeness (QED) is 0.205. The Balaban J connectivity index is 1.19. The van der Waals surface area contributed by atoms with Gasteiger partial charge in [-0.1, -0.05) is 121 Å². The number of para-hydroxylation sites is 4. The minimum atomic E-state index is -0.549. The molecule has 0 radical (unpaired) electrons. The van der Waals surface area contributed by atoms with Crippen LogP contribution in [0.15, 0.2) is 177 Å². The van der Waals surface area contributed by atoms with Crippen LogP contribution in [0.3, 0.4) is 0 Å². The molecular weight excluding hydrogens is 629 g/mol. The van der Waals surface area contributed by atoms with Crippen LogP contribution in [0, 0.1) is 0 Å². The second-order valence-corrected chi connectivity index (χ2v) is 12.9. The molecule has 1 unspecified atom stereocenters. The summed E-state index contributed by atoms with van der Waals surface area (Å²) in [7, 11) is 0. The maximum atomic E-state index is 6.67. The topological polar surface area (TPSA) is 68.0 Å². The van der Waals surface area contributed by atoms with Gasteiger partial charge in [-0.3, -0.25) is 0 Å². The van der Waals surface area contributed by atoms with E-state index in [0.29, 0.717) is 0 Å². The highest BCUT2D eigenvalue weighted by atomic mass is 16.3. The van der Waals surface area contributed by atoms with Gasteiger partial charge in [-0.2, -0.15) is 0 Å². The molecule has 7 aromatic carbocycles. The Labute approximate surface area is 291 Å². The zero-order valence-corrected chi connectivity index (χ0v) is 27.2. The fraction of sp³-hybridized carbons (Fsp3) is 0.0222. The van der Waals surface area contributed by atoms with E-state index in [9.17, 15) is 0 Å². The van der Waals surface area contributed by atoms with Crippen LogP contribution in [-0.2, 0) is 0 Å². The van der Waals surface area contributed by atoms with Crippen LogP contribution in [0.25, 0.3) is 71.4 Å². The number of hydrogen-bond donors (Lipinski definition) is 1. The third-order valence-electron chi connectivity index (χ3n) is 10.1. The van der Waals surface area contributed by atoms with Crippen molar-refractivity contribution >= 4 is 77.4 Å². The largest absolute Gasteiger partial charge is 0.456 e. The first-order valence-electron chi connectivity index (χ1n) is 17.1. The first-order chi connectivity index (χ1) is 25.3. The monoisotopic (exact) mass is 656 g/mol. The van der Waals surface area contributed by atoms with E-state index in [-0.39, 0.29) is 0 Å². The third-order valence-corrected chi connectivity index (χ3v) is 10.1. The summed E-state index contributed by atoms with van der Waals surface area (Å²) < 4.78 is 15.3. The summed E-state index contributed by atoms with van der Waals surface area (Å²) in [4.78, 5) is 10.7. The lowest BCUT2D eigenvalue weighted by atomic mass is 10.0. The number of fused-ring (bicyclic) bond motifs is 10. The average Bonchev–Trinajstić information content (AvgIpc) is 3.88. The van der Waals surface area contributed by atoms with Gasteiger partial charge in [0.15, 0.2) is 11.7 Å². The number of nitrogens with one attached hydrogen (secondary N) is 1. The molecule has 1 atom stereocenters. The molecule has 1 N–H and O–H groups in total. The summed E-state index contributed by atoms with van der Waals surface area (Å²) in [5, 5.41) is 10.2. The average molecular weight is 657 g/mol. The Morgan fingerprint density at radius 1 is 0.490 bits per heavy atom. The van der Waals surface area contributed by atoms with Gasteiger partial charge in [0.2, 0.25) is 0 Å². The molecule has 51 heavy (non-hydrogen) atoms. The van der Waals surface area contributed by atoms with Crippen molar-refractivity contribution in [2.45, 2.75) is 6.17 Å². The van der Waals surface area contributed by atoms with Crippen LogP contribution in [0.5, 0.6) is 0 Å². The van der Waals surface area contributed by atoms with Gasteiger partial charge in [-0.05, 0) is 36.4 Å². The summed E-state index contributed by atoms with van der Waals surface area (Å²) in [5.74, 6) is 1.50. The van der Waals surface area contributed by atoms with Gasteiger partial charge in [0.1, 0.15) is 28.4 Å². The lowest BCUT2D eigenvalue weighted by Crippen LogP contribution is -2.36. The standard InChI is InChI=1S/C45H28N4O2/c1-2-13-27(14-3-1)43-46-44(48-45(47-43)34-19-12-24-39-40(34)33-18-7-11-23-38(33)50-39)32-17-5-9-21-36(32)49-35-20-8-4-15-28(35)30-25-26-31-29-16-6-10-22-37(29)51-42(31)41(30)49/h1-26,44H,(H,46,47,48). The molecule has 0 bridgehead atoms. The number of hydrogen-bond acceptors (Lipinski definition) is 5. The second kappa shape index (κ2) is 10.8. The number of benzene rings is 7. The predicted molar refractivity (Wildman–Crippen MR) is 207 cm³/mol.